The zero-order chi connectivity index (χ0) is 14.3. The van der Waals surface area contributed by atoms with Gasteiger partial charge in [-0.2, -0.15) is 9.57 Å². The molecule has 0 unspecified atom stereocenters. The van der Waals surface area contributed by atoms with Crippen LogP contribution in [-0.2, 0) is 16.4 Å². The number of hydrogen-bond donors (Lipinski definition) is 0. The molecule has 0 saturated heterocycles. The molecule has 0 aliphatic carbocycles. The molecular weight excluding hydrogens is 260 g/mol. The summed E-state index contributed by atoms with van der Waals surface area (Å²) in [5.74, 6) is 0. The summed E-state index contributed by atoms with van der Waals surface area (Å²) in [6, 6.07) is 8.60. The van der Waals surface area contributed by atoms with Crippen molar-refractivity contribution in [3.63, 3.8) is 0 Å². The molecule has 0 fully saturated rings. The summed E-state index contributed by atoms with van der Waals surface area (Å²) >= 11 is 0. The van der Waals surface area contributed by atoms with E-state index in [1.807, 2.05) is 19.9 Å². The van der Waals surface area contributed by atoms with Gasteiger partial charge in [-0.05, 0) is 24.1 Å². The number of rotatable bonds is 7. The first-order chi connectivity index (χ1) is 9.06. The first-order valence-corrected chi connectivity index (χ1v) is 7.96. The normalized spacial score (nSPS) is 11.5. The molecule has 0 bridgehead atoms. The Hall–Kier alpha value is -1.38. The van der Waals surface area contributed by atoms with Crippen LogP contribution in [0.15, 0.2) is 29.2 Å². The van der Waals surface area contributed by atoms with Gasteiger partial charge in [-0.1, -0.05) is 32.4 Å². The smallest absolute Gasteiger partial charge is 0.207 e. The molecule has 1 rings (SSSR count). The lowest BCUT2D eigenvalue weighted by atomic mass is 10.2. The highest BCUT2D eigenvalue weighted by atomic mass is 32.2. The minimum absolute atomic E-state index is 0.298. The van der Waals surface area contributed by atoms with Gasteiger partial charge in [-0.15, -0.1) is 0 Å². The molecule has 0 radical (unpaired) electrons. The summed E-state index contributed by atoms with van der Waals surface area (Å²) in [6.45, 7) is 4.91. The predicted molar refractivity (Wildman–Crippen MR) is 75.1 cm³/mol. The second-order valence-corrected chi connectivity index (χ2v) is 6.27. The zero-order valence-corrected chi connectivity index (χ0v) is 12.3. The molecule has 0 saturated carbocycles. The summed E-state index contributed by atoms with van der Waals surface area (Å²) in [7, 11) is -3.40. The first-order valence-electron chi connectivity index (χ1n) is 6.52. The van der Waals surface area contributed by atoms with Crippen LogP contribution in [0.4, 0.5) is 0 Å². The van der Waals surface area contributed by atoms with Crippen molar-refractivity contribution in [2.75, 3.05) is 13.1 Å². The first kappa shape index (κ1) is 15.7. The minimum atomic E-state index is -3.40. The second-order valence-electron chi connectivity index (χ2n) is 4.33. The van der Waals surface area contributed by atoms with Crippen LogP contribution < -0.4 is 0 Å². The van der Waals surface area contributed by atoms with Crippen molar-refractivity contribution in [3.05, 3.63) is 29.8 Å². The highest BCUT2D eigenvalue weighted by Crippen LogP contribution is 2.17. The van der Waals surface area contributed by atoms with Gasteiger partial charge in [0.1, 0.15) is 0 Å². The summed E-state index contributed by atoms with van der Waals surface area (Å²) in [4.78, 5) is 0.298. The molecular formula is C14H20N2O2S. The summed E-state index contributed by atoms with van der Waals surface area (Å²) in [5.41, 5.74) is 0.832. The van der Waals surface area contributed by atoms with Gasteiger partial charge in [0.2, 0.25) is 10.0 Å². The molecule has 0 aliphatic rings. The maximum atomic E-state index is 12.4. The fourth-order valence-corrected chi connectivity index (χ4v) is 3.29. The molecule has 0 atom stereocenters. The average Bonchev–Trinajstić information content (AvgIpc) is 2.40. The van der Waals surface area contributed by atoms with Crippen molar-refractivity contribution in [3.8, 4) is 6.07 Å². The molecule has 5 heteroatoms. The SMILES string of the molecule is CCCCN(CC)S(=O)(=O)c1ccc(CC#N)cc1. The van der Waals surface area contributed by atoms with Crippen molar-refractivity contribution < 1.29 is 8.42 Å². The van der Waals surface area contributed by atoms with Gasteiger partial charge in [-0.25, -0.2) is 8.42 Å². The topological polar surface area (TPSA) is 61.2 Å². The van der Waals surface area contributed by atoms with E-state index in [9.17, 15) is 8.42 Å². The highest BCUT2D eigenvalue weighted by Gasteiger charge is 2.22. The molecule has 0 amide bonds. The Morgan fingerprint density at radius 2 is 1.84 bits per heavy atom. The van der Waals surface area contributed by atoms with Gasteiger partial charge in [0.05, 0.1) is 17.4 Å². The van der Waals surface area contributed by atoms with Crippen LogP contribution in [-0.4, -0.2) is 25.8 Å². The Balaban J connectivity index is 2.95. The van der Waals surface area contributed by atoms with E-state index in [0.29, 0.717) is 24.4 Å². The maximum Gasteiger partial charge on any atom is 0.243 e. The lowest BCUT2D eigenvalue weighted by Crippen LogP contribution is -2.31. The van der Waals surface area contributed by atoms with Gasteiger partial charge < -0.3 is 0 Å². The van der Waals surface area contributed by atoms with E-state index < -0.39 is 10.0 Å². The third-order valence-corrected chi connectivity index (χ3v) is 4.95. The summed E-state index contributed by atoms with van der Waals surface area (Å²) in [5, 5.41) is 8.60. The van der Waals surface area contributed by atoms with Crippen LogP contribution in [0.25, 0.3) is 0 Å². The van der Waals surface area contributed by atoms with Gasteiger partial charge in [0.25, 0.3) is 0 Å². The number of unbranched alkanes of at least 4 members (excludes halogenated alkanes) is 1. The van der Waals surface area contributed by atoms with Crippen LogP contribution in [0, 0.1) is 11.3 Å². The molecule has 1 aromatic rings. The van der Waals surface area contributed by atoms with E-state index in [4.69, 9.17) is 5.26 Å². The Kier molecular flexibility index (Phi) is 6.00. The monoisotopic (exact) mass is 280 g/mol. The standard InChI is InChI=1S/C14H20N2O2S/c1-3-5-12-16(4-2)19(17,18)14-8-6-13(7-9-14)10-11-15/h6-9H,3-5,10,12H2,1-2H3. The Morgan fingerprint density at radius 1 is 1.21 bits per heavy atom. The van der Waals surface area contributed by atoms with E-state index in [1.165, 1.54) is 4.31 Å². The molecule has 19 heavy (non-hydrogen) atoms. The van der Waals surface area contributed by atoms with Crippen LogP contribution >= 0.6 is 0 Å². The van der Waals surface area contributed by atoms with Crippen molar-refractivity contribution in [2.24, 2.45) is 0 Å². The minimum Gasteiger partial charge on any atom is -0.207 e. The quantitative estimate of drug-likeness (QED) is 0.771. The molecule has 0 heterocycles. The largest absolute Gasteiger partial charge is 0.243 e. The zero-order valence-electron chi connectivity index (χ0n) is 11.5. The number of sulfonamides is 1. The molecule has 0 aliphatic heterocycles. The number of benzene rings is 1. The van der Waals surface area contributed by atoms with Gasteiger partial charge in [0, 0.05) is 13.1 Å². The maximum absolute atomic E-state index is 12.4. The van der Waals surface area contributed by atoms with E-state index in [2.05, 4.69) is 0 Å². The van der Waals surface area contributed by atoms with Crippen LogP contribution in [0.5, 0.6) is 0 Å². The van der Waals surface area contributed by atoms with E-state index in [1.54, 1.807) is 24.3 Å². The van der Waals surface area contributed by atoms with Crippen LogP contribution in [0.1, 0.15) is 32.3 Å². The molecule has 4 nitrogen and oxygen atoms in total. The van der Waals surface area contributed by atoms with Crippen molar-refractivity contribution in [1.29, 1.82) is 5.26 Å². The highest BCUT2D eigenvalue weighted by molar-refractivity contribution is 7.89. The third kappa shape index (κ3) is 4.05. The average molecular weight is 280 g/mol. The Bertz CT molecular complexity index is 530. The molecule has 1 aromatic carbocycles. The van der Waals surface area contributed by atoms with Gasteiger partial charge in [0.15, 0.2) is 0 Å². The fourth-order valence-electron chi connectivity index (χ4n) is 1.80. The van der Waals surface area contributed by atoms with E-state index in [-0.39, 0.29) is 0 Å². The summed E-state index contributed by atoms with van der Waals surface area (Å²) in [6.07, 6.45) is 2.13. The van der Waals surface area contributed by atoms with Crippen LogP contribution in [0.2, 0.25) is 0 Å². The molecule has 0 spiro atoms. The number of nitrogens with zero attached hydrogens (tertiary/aromatic N) is 2. The predicted octanol–water partition coefficient (Wildman–Crippen LogP) is 2.56. The van der Waals surface area contributed by atoms with Crippen molar-refractivity contribution >= 4 is 10.0 Å². The summed E-state index contributed by atoms with van der Waals surface area (Å²) < 4.78 is 26.3. The van der Waals surface area contributed by atoms with E-state index >= 15 is 0 Å². The second kappa shape index (κ2) is 7.27. The van der Waals surface area contributed by atoms with Crippen molar-refractivity contribution in [2.45, 2.75) is 38.0 Å². The Morgan fingerprint density at radius 3 is 2.32 bits per heavy atom. The molecule has 104 valence electrons. The molecule has 0 aromatic heterocycles. The lowest BCUT2D eigenvalue weighted by Gasteiger charge is -2.20. The fraction of sp³-hybridized carbons (Fsp3) is 0.500. The lowest BCUT2D eigenvalue weighted by molar-refractivity contribution is 0.419. The molecule has 0 N–H and O–H groups in total. The van der Waals surface area contributed by atoms with Crippen LogP contribution in [0.3, 0.4) is 0 Å². The van der Waals surface area contributed by atoms with Gasteiger partial charge >= 0.3 is 0 Å². The number of hydrogen-bond acceptors (Lipinski definition) is 3. The Labute approximate surface area is 115 Å². The van der Waals surface area contributed by atoms with Gasteiger partial charge in [-0.3, -0.25) is 0 Å². The van der Waals surface area contributed by atoms with Crippen molar-refractivity contribution in [1.82, 2.24) is 4.31 Å². The third-order valence-electron chi connectivity index (χ3n) is 2.96. The van der Waals surface area contributed by atoms with E-state index in [0.717, 1.165) is 18.4 Å². The number of nitriles is 1.